The second kappa shape index (κ2) is 7.30. The van der Waals surface area contributed by atoms with Gasteiger partial charge in [-0.15, -0.1) is 16.4 Å². The van der Waals surface area contributed by atoms with Crippen LogP contribution in [0, 0.1) is 0 Å². The number of thioether (sulfide) groups is 1. The minimum Gasteiger partial charge on any atom is -0.384 e. The van der Waals surface area contributed by atoms with Crippen molar-refractivity contribution in [3.63, 3.8) is 0 Å². The summed E-state index contributed by atoms with van der Waals surface area (Å²) in [6, 6.07) is 3.96. The standard InChI is InChI=1S/C15H16N6O3S2/c1-20-12(16)11(13(23)21(2)15(20)24)9(22)7-26-14-17-10(18-19-14)6-8-4-3-5-25-8/h3-5H,6-7,16H2,1-2H3,(H,17,18,19). The highest BCUT2D eigenvalue weighted by Crippen LogP contribution is 2.18. The topological polar surface area (TPSA) is 129 Å². The lowest BCUT2D eigenvalue weighted by atomic mass is 10.2. The lowest BCUT2D eigenvalue weighted by Crippen LogP contribution is -2.41. The van der Waals surface area contributed by atoms with E-state index in [1.54, 1.807) is 11.3 Å². The monoisotopic (exact) mass is 392 g/mol. The first-order valence-electron chi connectivity index (χ1n) is 7.53. The average Bonchev–Trinajstić information content (AvgIpc) is 3.29. The highest BCUT2D eigenvalue weighted by Gasteiger charge is 2.20. The van der Waals surface area contributed by atoms with Crippen LogP contribution >= 0.6 is 23.1 Å². The molecule has 0 aliphatic heterocycles. The molecule has 0 fully saturated rings. The summed E-state index contributed by atoms with van der Waals surface area (Å²) in [4.78, 5) is 41.9. The highest BCUT2D eigenvalue weighted by molar-refractivity contribution is 7.99. The van der Waals surface area contributed by atoms with Gasteiger partial charge in [-0.2, -0.15) is 0 Å². The molecule has 0 aliphatic carbocycles. The molecule has 0 saturated carbocycles. The van der Waals surface area contributed by atoms with Crippen LogP contribution < -0.4 is 17.0 Å². The van der Waals surface area contributed by atoms with Crippen molar-refractivity contribution in [1.82, 2.24) is 24.3 Å². The summed E-state index contributed by atoms with van der Waals surface area (Å²) in [7, 11) is 2.72. The van der Waals surface area contributed by atoms with Crippen LogP contribution in [0.1, 0.15) is 21.1 Å². The number of H-pyrrole nitrogens is 1. The molecule has 9 nitrogen and oxygen atoms in total. The fraction of sp³-hybridized carbons (Fsp3) is 0.267. The van der Waals surface area contributed by atoms with Crippen LogP contribution in [0.25, 0.3) is 0 Å². The maximum absolute atomic E-state index is 12.4. The van der Waals surface area contributed by atoms with Crippen LogP contribution in [0.2, 0.25) is 0 Å². The first kappa shape index (κ1) is 18.1. The number of ketones is 1. The van der Waals surface area contributed by atoms with Gasteiger partial charge in [-0.05, 0) is 11.4 Å². The van der Waals surface area contributed by atoms with Gasteiger partial charge in [0, 0.05) is 25.4 Å². The molecule has 0 radical (unpaired) electrons. The summed E-state index contributed by atoms with van der Waals surface area (Å²) in [5, 5.41) is 9.29. The molecule has 3 heterocycles. The van der Waals surface area contributed by atoms with Gasteiger partial charge in [-0.3, -0.25) is 23.8 Å². The first-order chi connectivity index (χ1) is 12.4. The third-order valence-electron chi connectivity index (χ3n) is 3.75. The van der Waals surface area contributed by atoms with Gasteiger partial charge in [-0.1, -0.05) is 17.8 Å². The number of anilines is 1. The largest absolute Gasteiger partial charge is 0.384 e. The fourth-order valence-corrected chi connectivity index (χ4v) is 3.72. The van der Waals surface area contributed by atoms with Gasteiger partial charge in [0.15, 0.2) is 5.78 Å². The van der Waals surface area contributed by atoms with E-state index >= 15 is 0 Å². The SMILES string of the molecule is Cn1c(N)c(C(=O)CSc2n[nH]c(Cc3cccs3)n2)c(=O)n(C)c1=O. The number of rotatable bonds is 6. The molecule has 11 heteroatoms. The van der Waals surface area contributed by atoms with Gasteiger partial charge in [0.1, 0.15) is 17.2 Å². The normalized spacial score (nSPS) is 11.0. The fourth-order valence-electron chi connectivity index (χ4n) is 2.32. The zero-order chi connectivity index (χ0) is 18.8. The summed E-state index contributed by atoms with van der Waals surface area (Å²) in [6.07, 6.45) is 0.632. The van der Waals surface area contributed by atoms with Crippen molar-refractivity contribution in [2.75, 3.05) is 11.5 Å². The maximum Gasteiger partial charge on any atom is 0.332 e. The van der Waals surface area contributed by atoms with E-state index in [0.29, 0.717) is 17.4 Å². The van der Waals surface area contributed by atoms with Crippen LogP contribution in [0.4, 0.5) is 5.82 Å². The van der Waals surface area contributed by atoms with Crippen LogP contribution in [-0.2, 0) is 20.5 Å². The van der Waals surface area contributed by atoms with E-state index in [1.807, 2.05) is 17.5 Å². The second-order valence-electron chi connectivity index (χ2n) is 5.50. The summed E-state index contributed by atoms with van der Waals surface area (Å²) in [5.41, 5.74) is 4.30. The number of carbonyl (C=O) groups excluding carboxylic acids is 1. The molecule has 3 rings (SSSR count). The Hall–Kier alpha value is -2.66. The van der Waals surface area contributed by atoms with Crippen molar-refractivity contribution in [2.24, 2.45) is 14.1 Å². The van der Waals surface area contributed by atoms with E-state index in [1.165, 1.54) is 14.1 Å². The third-order valence-corrected chi connectivity index (χ3v) is 5.48. The number of nitrogens with two attached hydrogens (primary N) is 1. The van der Waals surface area contributed by atoms with Gasteiger partial charge in [-0.25, -0.2) is 9.78 Å². The van der Waals surface area contributed by atoms with Gasteiger partial charge in [0.25, 0.3) is 5.56 Å². The zero-order valence-corrected chi connectivity index (χ0v) is 15.7. The number of nitrogens with zero attached hydrogens (tertiary/aromatic N) is 4. The molecule has 0 amide bonds. The molecular formula is C15H16N6O3S2. The Morgan fingerprint density at radius 1 is 1.35 bits per heavy atom. The summed E-state index contributed by atoms with van der Waals surface area (Å²) < 4.78 is 1.94. The molecule has 3 N–H and O–H groups in total. The lowest BCUT2D eigenvalue weighted by molar-refractivity contribution is 0.102. The van der Waals surface area contributed by atoms with Crippen molar-refractivity contribution in [1.29, 1.82) is 0 Å². The Morgan fingerprint density at radius 3 is 2.81 bits per heavy atom. The van der Waals surface area contributed by atoms with Crippen LogP contribution in [0.15, 0.2) is 32.3 Å². The number of hydrogen-bond acceptors (Lipinski definition) is 8. The molecule has 136 valence electrons. The number of nitrogens with one attached hydrogen (secondary N) is 1. The van der Waals surface area contributed by atoms with E-state index in [2.05, 4.69) is 15.2 Å². The van der Waals surface area contributed by atoms with Crippen molar-refractivity contribution in [3.8, 4) is 0 Å². The number of Topliss-reactive ketones (excluding diaryl/α,β-unsaturated/α-hetero) is 1. The van der Waals surface area contributed by atoms with E-state index in [4.69, 9.17) is 5.73 Å². The van der Waals surface area contributed by atoms with Crippen molar-refractivity contribution in [3.05, 3.63) is 54.6 Å². The molecule has 3 aromatic heterocycles. The van der Waals surface area contributed by atoms with Crippen LogP contribution in [0.5, 0.6) is 0 Å². The zero-order valence-electron chi connectivity index (χ0n) is 14.1. The highest BCUT2D eigenvalue weighted by atomic mass is 32.2. The Labute approximate surface area is 155 Å². The molecule has 0 aromatic carbocycles. The third kappa shape index (κ3) is 3.48. The molecular weight excluding hydrogens is 376 g/mol. The summed E-state index contributed by atoms with van der Waals surface area (Å²) in [6.45, 7) is 0. The predicted octanol–water partition coefficient (Wildman–Crippen LogP) is 0.412. The Morgan fingerprint density at radius 2 is 2.12 bits per heavy atom. The number of thiophene rings is 1. The van der Waals surface area contributed by atoms with E-state index in [0.717, 1.165) is 25.8 Å². The Bertz CT molecular complexity index is 1060. The lowest BCUT2D eigenvalue weighted by Gasteiger charge is -2.10. The van der Waals surface area contributed by atoms with E-state index < -0.39 is 17.0 Å². The van der Waals surface area contributed by atoms with Crippen molar-refractivity contribution < 1.29 is 4.79 Å². The van der Waals surface area contributed by atoms with Gasteiger partial charge in [0.05, 0.1) is 5.75 Å². The van der Waals surface area contributed by atoms with E-state index in [9.17, 15) is 14.4 Å². The molecule has 0 unspecified atom stereocenters. The summed E-state index contributed by atoms with van der Waals surface area (Å²) in [5.74, 6) is 0.0128. The van der Waals surface area contributed by atoms with E-state index in [-0.39, 0.29) is 17.1 Å². The molecule has 26 heavy (non-hydrogen) atoms. The number of nitrogen functional groups attached to an aromatic ring is 1. The van der Waals surface area contributed by atoms with Crippen LogP contribution in [0.3, 0.4) is 0 Å². The number of aromatic nitrogens is 5. The second-order valence-corrected chi connectivity index (χ2v) is 7.47. The molecule has 3 aromatic rings. The minimum atomic E-state index is -0.704. The van der Waals surface area contributed by atoms with Gasteiger partial charge < -0.3 is 5.73 Å². The summed E-state index contributed by atoms with van der Waals surface area (Å²) >= 11 is 2.72. The van der Waals surface area contributed by atoms with Gasteiger partial charge >= 0.3 is 5.69 Å². The Kier molecular flexibility index (Phi) is 5.09. The van der Waals surface area contributed by atoms with Crippen molar-refractivity contribution in [2.45, 2.75) is 11.6 Å². The molecule has 0 spiro atoms. The molecule has 0 saturated heterocycles. The number of carbonyl (C=O) groups is 1. The molecule has 0 atom stereocenters. The Balaban J connectivity index is 1.73. The minimum absolute atomic E-state index is 0.0616. The molecule has 0 aliphatic rings. The predicted molar refractivity (Wildman–Crippen MR) is 99.9 cm³/mol. The van der Waals surface area contributed by atoms with Crippen LogP contribution in [-0.4, -0.2) is 35.9 Å². The average molecular weight is 392 g/mol. The number of hydrogen-bond donors (Lipinski definition) is 2. The van der Waals surface area contributed by atoms with Crippen molar-refractivity contribution >= 4 is 34.7 Å². The molecule has 0 bridgehead atoms. The smallest absolute Gasteiger partial charge is 0.332 e. The quantitative estimate of drug-likeness (QED) is 0.459. The van der Waals surface area contributed by atoms with Gasteiger partial charge in [0.2, 0.25) is 5.16 Å². The number of aromatic amines is 1. The first-order valence-corrected chi connectivity index (χ1v) is 9.40. The maximum atomic E-state index is 12.4.